The summed E-state index contributed by atoms with van der Waals surface area (Å²) in [6.07, 6.45) is 92.4. The maximum absolute atomic E-state index is 12.9. The van der Waals surface area contributed by atoms with E-state index in [1.54, 1.807) is 0 Å². The van der Waals surface area contributed by atoms with Crippen molar-refractivity contribution in [1.82, 2.24) is 0 Å². The van der Waals surface area contributed by atoms with Crippen molar-refractivity contribution in [3.63, 3.8) is 0 Å². The SMILES string of the molecule is CC/C=C\C/C=C\C/C=C\C/C=C\C/C=C\C/C=C\C/C=C\CCCCCC(=O)OCC(COC(=O)CCCCCCCCCCCCCCC)OC(=O)CCCC/C=C\C/C=C\C/C=C\C/C=C\C/C=C\C/C=C\CC. The first-order valence-corrected chi connectivity index (χ1v) is 31.0. The molecule has 0 N–H and O–H groups in total. The van der Waals surface area contributed by atoms with E-state index in [9.17, 15) is 14.4 Å². The molecule has 0 amide bonds. The third-order valence-corrected chi connectivity index (χ3v) is 12.5. The van der Waals surface area contributed by atoms with Gasteiger partial charge in [-0.15, -0.1) is 0 Å². The summed E-state index contributed by atoms with van der Waals surface area (Å²) >= 11 is 0. The quantitative estimate of drug-likeness (QED) is 0.0261. The molecular weight excluding hydrogens is 949 g/mol. The molecular formula is C71H112O6. The van der Waals surface area contributed by atoms with E-state index >= 15 is 0 Å². The number of hydrogen-bond donors (Lipinski definition) is 0. The molecule has 0 bridgehead atoms. The summed E-state index contributed by atoms with van der Waals surface area (Å²) in [6, 6.07) is 0. The summed E-state index contributed by atoms with van der Waals surface area (Å²) in [5, 5.41) is 0. The van der Waals surface area contributed by atoms with Crippen LogP contribution in [0.15, 0.2) is 158 Å². The van der Waals surface area contributed by atoms with Gasteiger partial charge in [-0.1, -0.05) is 262 Å². The fourth-order valence-electron chi connectivity index (χ4n) is 7.95. The smallest absolute Gasteiger partial charge is 0.306 e. The van der Waals surface area contributed by atoms with E-state index in [-0.39, 0.29) is 37.5 Å². The number of hydrogen-bond acceptors (Lipinski definition) is 6. The molecule has 0 aliphatic carbocycles. The lowest BCUT2D eigenvalue weighted by Crippen LogP contribution is -2.30. The van der Waals surface area contributed by atoms with E-state index in [4.69, 9.17) is 14.2 Å². The fraction of sp³-hybridized carbons (Fsp3) is 0.592. The van der Waals surface area contributed by atoms with Gasteiger partial charge in [0.15, 0.2) is 6.10 Å². The third kappa shape index (κ3) is 61.8. The molecule has 0 aromatic carbocycles. The lowest BCUT2D eigenvalue weighted by atomic mass is 10.0. The highest BCUT2D eigenvalue weighted by Crippen LogP contribution is 2.14. The Morgan fingerprint density at radius 2 is 0.506 bits per heavy atom. The predicted molar refractivity (Wildman–Crippen MR) is 334 cm³/mol. The molecule has 0 spiro atoms. The average Bonchev–Trinajstić information content (AvgIpc) is 3.43. The van der Waals surface area contributed by atoms with E-state index in [2.05, 4.69) is 179 Å². The number of carbonyl (C=O) groups excluding carboxylic acids is 3. The van der Waals surface area contributed by atoms with Crippen molar-refractivity contribution >= 4 is 17.9 Å². The van der Waals surface area contributed by atoms with Crippen molar-refractivity contribution in [1.29, 1.82) is 0 Å². The molecule has 6 heteroatoms. The van der Waals surface area contributed by atoms with Gasteiger partial charge in [-0.2, -0.15) is 0 Å². The van der Waals surface area contributed by atoms with Crippen molar-refractivity contribution in [2.45, 2.75) is 258 Å². The molecule has 1 unspecified atom stereocenters. The number of esters is 3. The van der Waals surface area contributed by atoms with Gasteiger partial charge in [0.1, 0.15) is 13.2 Å². The molecule has 0 aromatic heterocycles. The summed E-state index contributed by atoms with van der Waals surface area (Å²) in [6.45, 7) is 6.34. The Bertz CT molecular complexity index is 1740. The van der Waals surface area contributed by atoms with Gasteiger partial charge in [-0.3, -0.25) is 14.4 Å². The second-order valence-electron chi connectivity index (χ2n) is 19.9. The van der Waals surface area contributed by atoms with Gasteiger partial charge in [0.05, 0.1) is 0 Å². The van der Waals surface area contributed by atoms with Crippen LogP contribution in [-0.2, 0) is 28.6 Å². The van der Waals surface area contributed by atoms with Gasteiger partial charge in [0.25, 0.3) is 0 Å². The Morgan fingerprint density at radius 3 is 0.818 bits per heavy atom. The zero-order valence-corrected chi connectivity index (χ0v) is 49.4. The highest BCUT2D eigenvalue weighted by molar-refractivity contribution is 5.71. The van der Waals surface area contributed by atoms with Crippen LogP contribution in [0, 0.1) is 0 Å². The van der Waals surface area contributed by atoms with Gasteiger partial charge in [-0.25, -0.2) is 0 Å². The zero-order valence-electron chi connectivity index (χ0n) is 49.4. The zero-order chi connectivity index (χ0) is 55.7. The van der Waals surface area contributed by atoms with Crippen LogP contribution in [-0.4, -0.2) is 37.2 Å². The minimum Gasteiger partial charge on any atom is -0.462 e. The predicted octanol–water partition coefficient (Wildman–Crippen LogP) is 21.3. The molecule has 0 saturated heterocycles. The second kappa shape index (κ2) is 63.6. The van der Waals surface area contributed by atoms with Crippen LogP contribution in [0.1, 0.15) is 252 Å². The van der Waals surface area contributed by atoms with Crippen LogP contribution in [0.2, 0.25) is 0 Å². The van der Waals surface area contributed by atoms with Crippen molar-refractivity contribution in [3.8, 4) is 0 Å². The molecule has 0 rings (SSSR count). The minimum atomic E-state index is -0.822. The highest BCUT2D eigenvalue weighted by Gasteiger charge is 2.19. The Kier molecular flexibility index (Phi) is 59.5. The first kappa shape index (κ1) is 72.0. The van der Waals surface area contributed by atoms with Crippen molar-refractivity contribution in [2.75, 3.05) is 13.2 Å². The van der Waals surface area contributed by atoms with E-state index in [0.29, 0.717) is 19.3 Å². The number of carbonyl (C=O) groups is 3. The molecule has 1 atom stereocenters. The Hall–Kier alpha value is -4.97. The van der Waals surface area contributed by atoms with Gasteiger partial charge in [0.2, 0.25) is 0 Å². The van der Waals surface area contributed by atoms with Crippen LogP contribution < -0.4 is 0 Å². The molecule has 0 saturated carbocycles. The second-order valence-corrected chi connectivity index (χ2v) is 19.9. The topological polar surface area (TPSA) is 78.9 Å². The summed E-state index contributed by atoms with van der Waals surface area (Å²) in [4.78, 5) is 38.3. The van der Waals surface area contributed by atoms with E-state index in [1.165, 1.54) is 64.2 Å². The van der Waals surface area contributed by atoms with Crippen LogP contribution >= 0.6 is 0 Å². The van der Waals surface area contributed by atoms with Gasteiger partial charge in [-0.05, 0) is 128 Å². The fourth-order valence-corrected chi connectivity index (χ4v) is 7.95. The first-order chi connectivity index (χ1) is 38.0. The van der Waals surface area contributed by atoms with Crippen LogP contribution in [0.5, 0.6) is 0 Å². The molecule has 0 aromatic rings. The maximum Gasteiger partial charge on any atom is 0.306 e. The van der Waals surface area contributed by atoms with Crippen molar-refractivity contribution in [3.05, 3.63) is 158 Å². The highest BCUT2D eigenvalue weighted by atomic mass is 16.6. The van der Waals surface area contributed by atoms with Crippen LogP contribution in [0.3, 0.4) is 0 Å². The maximum atomic E-state index is 12.9. The summed E-state index contributed by atoms with van der Waals surface area (Å²) in [5.41, 5.74) is 0. The summed E-state index contributed by atoms with van der Waals surface area (Å²) < 4.78 is 16.8. The number of unbranched alkanes of at least 4 members (excludes halogenated alkanes) is 17. The van der Waals surface area contributed by atoms with Crippen molar-refractivity contribution < 1.29 is 28.6 Å². The van der Waals surface area contributed by atoms with Crippen LogP contribution in [0.4, 0.5) is 0 Å². The van der Waals surface area contributed by atoms with Crippen molar-refractivity contribution in [2.24, 2.45) is 0 Å². The molecule has 0 aliphatic rings. The molecule has 0 aliphatic heterocycles. The number of ether oxygens (including phenoxy) is 3. The molecule has 0 fully saturated rings. The standard InChI is InChI=1S/C71H112O6/c1-4-7-10-13-16-19-22-25-27-29-31-33-34-35-36-38-39-41-43-46-49-52-55-58-61-64-70(73)76-67-68(66-75-69(72)63-60-57-54-51-48-45-24-21-18-15-12-9-6-3)77-71(74)65-62-59-56-53-50-47-44-42-40-37-32-30-28-26-23-20-17-14-11-8-5-2/h7-8,10-11,16-17,19-20,25-28,31-33,35-37,39,41-42,44,46,49-50,53,68H,4-6,9,12-15,18,21-24,29-30,34,38,40,43,45,47-48,51-52,54-67H2,1-3H3/b10-7-,11-8-,19-16-,20-17-,27-25-,28-26-,33-31-,36-35-,37-32-,41-39-,44-42-,49-46-,53-50-. The van der Waals surface area contributed by atoms with Gasteiger partial charge >= 0.3 is 17.9 Å². The molecule has 6 nitrogen and oxygen atoms in total. The summed E-state index contributed by atoms with van der Waals surface area (Å²) in [7, 11) is 0. The first-order valence-electron chi connectivity index (χ1n) is 31.0. The Balaban J connectivity index is 4.53. The monoisotopic (exact) mass is 1060 g/mol. The van der Waals surface area contributed by atoms with E-state index in [1.807, 2.05) is 0 Å². The Labute approximate surface area is 473 Å². The molecule has 432 valence electrons. The van der Waals surface area contributed by atoms with E-state index in [0.717, 1.165) is 141 Å². The minimum absolute atomic E-state index is 0.111. The van der Waals surface area contributed by atoms with Gasteiger partial charge in [0, 0.05) is 19.3 Å². The van der Waals surface area contributed by atoms with E-state index < -0.39 is 6.10 Å². The molecule has 0 heterocycles. The third-order valence-electron chi connectivity index (χ3n) is 12.5. The largest absolute Gasteiger partial charge is 0.462 e. The lowest BCUT2D eigenvalue weighted by Gasteiger charge is -2.18. The lowest BCUT2D eigenvalue weighted by molar-refractivity contribution is -0.167. The molecule has 0 radical (unpaired) electrons. The molecule has 77 heavy (non-hydrogen) atoms. The van der Waals surface area contributed by atoms with Crippen LogP contribution in [0.25, 0.3) is 0 Å². The summed E-state index contributed by atoms with van der Waals surface area (Å²) in [5.74, 6) is -0.993. The van der Waals surface area contributed by atoms with Gasteiger partial charge < -0.3 is 14.2 Å². The normalized spacial score (nSPS) is 13.2. The number of allylic oxidation sites excluding steroid dienone is 26. The Morgan fingerprint density at radius 1 is 0.273 bits per heavy atom. The average molecular weight is 1060 g/mol. The number of rotatable bonds is 54.